The second-order valence-electron chi connectivity index (χ2n) is 5.91. The van der Waals surface area contributed by atoms with Gasteiger partial charge in [-0.05, 0) is 25.5 Å². The molecule has 12 heteroatoms. The molecular formula is C15H20N3O7PS. The first-order valence-corrected chi connectivity index (χ1v) is 11.2. The summed E-state index contributed by atoms with van der Waals surface area (Å²) in [5, 5.41) is 19.5. The van der Waals surface area contributed by atoms with Gasteiger partial charge >= 0.3 is 7.60 Å². The number of nitro benzene ring substituents is 1. The number of sulfonamides is 1. The van der Waals surface area contributed by atoms with Crippen LogP contribution in [0.1, 0.15) is 20.3 Å². The zero-order valence-electron chi connectivity index (χ0n) is 14.7. The van der Waals surface area contributed by atoms with Gasteiger partial charge in [0.1, 0.15) is 12.0 Å². The topological polar surface area (TPSA) is 162 Å². The van der Waals surface area contributed by atoms with E-state index in [9.17, 15) is 28.0 Å². The molecule has 10 nitrogen and oxygen atoms in total. The maximum absolute atomic E-state index is 12.2. The largest absolute Gasteiger partial charge is 0.368 e. The monoisotopic (exact) mass is 417 g/mol. The Kier molecular flexibility index (Phi) is 6.23. The molecule has 0 heterocycles. The highest BCUT2D eigenvalue weighted by Gasteiger charge is 2.26. The summed E-state index contributed by atoms with van der Waals surface area (Å²) in [6, 6.07) is 6.49. The smallest absolute Gasteiger partial charge is 0.347 e. The number of fused-ring (bicyclic) bond motifs is 1. The number of benzene rings is 2. The van der Waals surface area contributed by atoms with Gasteiger partial charge in [0.15, 0.2) is 0 Å². The molecule has 0 radical (unpaired) electrons. The van der Waals surface area contributed by atoms with Crippen molar-refractivity contribution in [2.24, 2.45) is 5.14 Å². The lowest BCUT2D eigenvalue weighted by Crippen LogP contribution is -2.14. The van der Waals surface area contributed by atoms with Crippen LogP contribution in [0.2, 0.25) is 0 Å². The Bertz CT molecular complexity index is 1030. The fourth-order valence-electron chi connectivity index (χ4n) is 2.48. The molecule has 0 spiro atoms. The number of nitrogens with zero attached hydrogens (tertiary/aromatic N) is 1. The van der Waals surface area contributed by atoms with Gasteiger partial charge < -0.3 is 14.7 Å². The van der Waals surface area contributed by atoms with Crippen LogP contribution in [0.5, 0.6) is 0 Å². The summed E-state index contributed by atoms with van der Waals surface area (Å²) < 4.78 is 40.8. The molecule has 0 fully saturated rings. The molecule has 0 amide bonds. The quantitative estimate of drug-likeness (QED) is 0.335. The first-order chi connectivity index (χ1) is 12.5. The van der Waals surface area contributed by atoms with Crippen LogP contribution in [0.25, 0.3) is 10.8 Å². The second-order valence-corrected chi connectivity index (χ2v) is 9.24. The standard InChI is InChI=1S/C15H20N3O7PS/c1-3-10(2)25-26(21,22)9-17-15-12-5-4-6-14(27(16,23)24)11(12)7-8-13(15)18(19)20/h4-8,10,17H,3,9H2,1-2H3,(H,21,22)(H2,16,23,24). The number of nitrogens with two attached hydrogens (primary N) is 1. The van der Waals surface area contributed by atoms with Crippen LogP contribution in [-0.2, 0) is 19.1 Å². The highest BCUT2D eigenvalue weighted by Crippen LogP contribution is 2.45. The minimum absolute atomic E-state index is 0.0926. The second kappa shape index (κ2) is 7.91. The van der Waals surface area contributed by atoms with E-state index < -0.39 is 34.9 Å². The lowest BCUT2D eigenvalue weighted by Gasteiger charge is -2.18. The average Bonchev–Trinajstić information content (AvgIpc) is 2.57. The summed E-state index contributed by atoms with van der Waals surface area (Å²) >= 11 is 0. The first kappa shape index (κ1) is 21.3. The number of nitro groups is 1. The molecule has 0 saturated heterocycles. The summed E-state index contributed by atoms with van der Waals surface area (Å²) in [7, 11) is -8.15. The predicted octanol–water partition coefficient (Wildman–Crippen LogP) is 2.77. The number of rotatable bonds is 8. The molecule has 4 N–H and O–H groups in total. The number of primary sulfonamides is 1. The van der Waals surface area contributed by atoms with Crippen molar-refractivity contribution in [1.29, 1.82) is 0 Å². The normalized spacial score (nSPS) is 15.3. The molecule has 2 unspecified atom stereocenters. The van der Waals surface area contributed by atoms with Crippen LogP contribution >= 0.6 is 7.60 Å². The maximum Gasteiger partial charge on any atom is 0.347 e. The number of anilines is 1. The van der Waals surface area contributed by atoms with Crippen LogP contribution in [0.3, 0.4) is 0 Å². The fourth-order valence-corrected chi connectivity index (χ4v) is 4.37. The van der Waals surface area contributed by atoms with E-state index in [1.54, 1.807) is 13.8 Å². The van der Waals surface area contributed by atoms with Crippen molar-refractivity contribution in [1.82, 2.24) is 0 Å². The molecule has 0 saturated carbocycles. The fraction of sp³-hybridized carbons (Fsp3) is 0.333. The predicted molar refractivity (Wildman–Crippen MR) is 101 cm³/mol. The Labute approximate surface area is 156 Å². The van der Waals surface area contributed by atoms with Gasteiger partial charge in [-0.15, -0.1) is 0 Å². The van der Waals surface area contributed by atoms with Crippen LogP contribution in [0.4, 0.5) is 11.4 Å². The van der Waals surface area contributed by atoms with E-state index in [-0.39, 0.29) is 27.0 Å². The van der Waals surface area contributed by atoms with E-state index in [1.807, 2.05) is 0 Å². The van der Waals surface area contributed by atoms with Gasteiger partial charge in [-0.1, -0.05) is 19.1 Å². The van der Waals surface area contributed by atoms with Crippen LogP contribution < -0.4 is 10.5 Å². The van der Waals surface area contributed by atoms with Crippen molar-refractivity contribution < 1.29 is 27.3 Å². The molecule has 0 aliphatic heterocycles. The highest BCUT2D eigenvalue weighted by molar-refractivity contribution is 7.89. The van der Waals surface area contributed by atoms with Crippen molar-refractivity contribution >= 4 is 39.8 Å². The molecule has 0 aliphatic carbocycles. The molecular weight excluding hydrogens is 397 g/mol. The Morgan fingerprint density at radius 2 is 2.00 bits per heavy atom. The molecule has 2 aromatic carbocycles. The Hall–Kier alpha value is -2.04. The number of nitrogens with one attached hydrogen (secondary N) is 1. The van der Waals surface area contributed by atoms with Crippen molar-refractivity contribution in [2.45, 2.75) is 31.3 Å². The summed E-state index contributed by atoms with van der Waals surface area (Å²) in [6.07, 6.45) is -0.549. The first-order valence-electron chi connectivity index (χ1n) is 7.93. The number of hydrogen-bond acceptors (Lipinski definition) is 7. The summed E-state index contributed by atoms with van der Waals surface area (Å²) in [5.41, 5.74) is -0.470. The van der Waals surface area contributed by atoms with Crippen molar-refractivity contribution in [3.63, 3.8) is 0 Å². The Morgan fingerprint density at radius 1 is 1.33 bits per heavy atom. The third-order valence-electron chi connectivity index (χ3n) is 3.88. The third kappa shape index (κ3) is 5.02. The van der Waals surface area contributed by atoms with Gasteiger partial charge in [-0.3, -0.25) is 14.7 Å². The summed E-state index contributed by atoms with van der Waals surface area (Å²) in [4.78, 5) is 20.4. The van der Waals surface area contributed by atoms with E-state index in [0.717, 1.165) is 6.07 Å². The highest BCUT2D eigenvalue weighted by atomic mass is 32.2. The molecule has 2 atom stereocenters. The minimum atomic E-state index is -4.08. The molecule has 2 rings (SSSR count). The van der Waals surface area contributed by atoms with Gasteiger partial charge in [0.05, 0.1) is 15.9 Å². The van der Waals surface area contributed by atoms with Gasteiger partial charge in [0.25, 0.3) is 5.69 Å². The van der Waals surface area contributed by atoms with E-state index in [1.165, 1.54) is 24.3 Å². The van der Waals surface area contributed by atoms with E-state index in [2.05, 4.69) is 5.32 Å². The van der Waals surface area contributed by atoms with Gasteiger partial charge in [-0.2, -0.15) is 0 Å². The molecule has 27 heavy (non-hydrogen) atoms. The minimum Gasteiger partial charge on any atom is -0.368 e. The summed E-state index contributed by atoms with van der Waals surface area (Å²) in [5.74, 6) is 0. The Morgan fingerprint density at radius 3 is 2.56 bits per heavy atom. The van der Waals surface area contributed by atoms with Crippen LogP contribution in [-0.4, -0.2) is 30.6 Å². The molecule has 148 valence electrons. The lowest BCUT2D eigenvalue weighted by molar-refractivity contribution is -0.383. The van der Waals surface area contributed by atoms with Crippen LogP contribution in [0.15, 0.2) is 35.2 Å². The lowest BCUT2D eigenvalue weighted by atomic mass is 10.1. The van der Waals surface area contributed by atoms with Crippen LogP contribution in [0, 0.1) is 10.1 Å². The molecule has 0 aliphatic rings. The van der Waals surface area contributed by atoms with Crippen molar-refractivity contribution in [3.8, 4) is 0 Å². The SMILES string of the molecule is CCC(C)OP(=O)(O)CNc1c([N+](=O)[O-])ccc2c(S(N)(=O)=O)cccc12. The van der Waals surface area contributed by atoms with E-state index >= 15 is 0 Å². The number of hydrogen-bond donors (Lipinski definition) is 3. The zero-order valence-corrected chi connectivity index (χ0v) is 16.4. The Balaban J connectivity index is 2.55. The zero-order chi connectivity index (χ0) is 20.4. The van der Waals surface area contributed by atoms with Gasteiger partial charge in [0.2, 0.25) is 10.0 Å². The van der Waals surface area contributed by atoms with Crippen molar-refractivity contribution in [2.75, 3.05) is 11.6 Å². The van der Waals surface area contributed by atoms with E-state index in [0.29, 0.717) is 6.42 Å². The summed E-state index contributed by atoms with van der Waals surface area (Å²) in [6.45, 7) is 3.41. The molecule has 2 aromatic rings. The van der Waals surface area contributed by atoms with Crippen molar-refractivity contribution in [3.05, 3.63) is 40.4 Å². The molecule has 0 bridgehead atoms. The van der Waals surface area contributed by atoms with Gasteiger partial charge in [-0.25, -0.2) is 13.6 Å². The van der Waals surface area contributed by atoms with Gasteiger partial charge in [0, 0.05) is 16.8 Å². The maximum atomic E-state index is 12.2. The van der Waals surface area contributed by atoms with E-state index in [4.69, 9.17) is 9.66 Å². The third-order valence-corrected chi connectivity index (χ3v) is 6.09. The molecule has 0 aromatic heterocycles. The average molecular weight is 417 g/mol.